The van der Waals surface area contributed by atoms with Gasteiger partial charge < -0.3 is 28.6 Å². The van der Waals surface area contributed by atoms with Crippen molar-refractivity contribution in [1.82, 2.24) is 4.90 Å². The Kier molecular flexibility index (Phi) is 5.39. The molecule has 9 heteroatoms. The number of rotatable bonds is 2. The molecule has 0 aromatic heterocycles. The number of allylic oxidation sites excluding steroid dienone is 1. The molecule has 1 saturated heterocycles. The second kappa shape index (κ2) is 8.33. The minimum absolute atomic E-state index is 0.151. The molecule has 3 aliphatic heterocycles. The van der Waals surface area contributed by atoms with E-state index >= 15 is 0 Å². The summed E-state index contributed by atoms with van der Waals surface area (Å²) in [6.45, 7) is 2.52. The largest absolute Gasteiger partial charge is 0.467 e. The Morgan fingerprint density at radius 2 is 1.97 bits per heavy atom. The highest BCUT2D eigenvalue weighted by Gasteiger charge is 2.29. The number of amides is 1. The van der Waals surface area contributed by atoms with E-state index in [9.17, 15) is 9.59 Å². The number of halogens is 1. The molecule has 1 fully saturated rings. The van der Waals surface area contributed by atoms with E-state index in [0.717, 1.165) is 10.0 Å². The molecule has 0 spiro atoms. The van der Waals surface area contributed by atoms with Crippen molar-refractivity contribution < 1.29 is 33.3 Å². The van der Waals surface area contributed by atoms with Gasteiger partial charge in [0.15, 0.2) is 12.6 Å². The second-order valence-electron chi connectivity index (χ2n) is 7.16. The first kappa shape index (κ1) is 20.0. The summed E-state index contributed by atoms with van der Waals surface area (Å²) in [7, 11) is 0. The first-order valence-electron chi connectivity index (χ1n) is 9.74. The second-order valence-corrected chi connectivity index (χ2v) is 8.07. The maximum Gasteiger partial charge on any atom is 0.415 e. The molecule has 3 aliphatic rings. The van der Waals surface area contributed by atoms with Gasteiger partial charge in [-0.25, -0.2) is 4.79 Å². The van der Waals surface area contributed by atoms with E-state index in [1.165, 1.54) is 0 Å². The van der Waals surface area contributed by atoms with Gasteiger partial charge in [0, 0.05) is 34.8 Å². The fourth-order valence-corrected chi connectivity index (χ4v) is 4.12. The van der Waals surface area contributed by atoms with Gasteiger partial charge in [-0.15, -0.1) is 0 Å². The lowest BCUT2D eigenvalue weighted by Gasteiger charge is -2.25. The van der Waals surface area contributed by atoms with Gasteiger partial charge in [-0.2, -0.15) is 0 Å². The summed E-state index contributed by atoms with van der Waals surface area (Å²) in [6, 6.07) is 8.50. The zero-order valence-electron chi connectivity index (χ0n) is 16.4. The molecule has 0 radical (unpaired) electrons. The molecule has 2 aromatic carbocycles. The zero-order chi connectivity index (χ0) is 21.4. The molecule has 0 aliphatic carbocycles. The molecule has 8 nitrogen and oxygen atoms in total. The normalized spacial score (nSPS) is 18.8. The predicted molar refractivity (Wildman–Crippen MR) is 112 cm³/mol. The van der Waals surface area contributed by atoms with Crippen LogP contribution in [0.4, 0.5) is 4.79 Å². The van der Waals surface area contributed by atoms with Crippen LogP contribution in [0.1, 0.15) is 21.5 Å². The fourth-order valence-electron chi connectivity index (χ4n) is 3.60. The van der Waals surface area contributed by atoms with Gasteiger partial charge in [0.25, 0.3) is 0 Å². The summed E-state index contributed by atoms with van der Waals surface area (Å²) < 4.78 is 28.3. The third kappa shape index (κ3) is 4.04. The van der Waals surface area contributed by atoms with Gasteiger partial charge >= 0.3 is 6.09 Å². The van der Waals surface area contributed by atoms with Crippen molar-refractivity contribution in [3.8, 4) is 17.2 Å². The molecule has 3 heterocycles. The van der Waals surface area contributed by atoms with Crippen molar-refractivity contribution in [2.45, 2.75) is 6.61 Å². The molecule has 1 amide bonds. The van der Waals surface area contributed by atoms with E-state index in [-0.39, 0.29) is 18.3 Å². The van der Waals surface area contributed by atoms with Gasteiger partial charge in [0.1, 0.15) is 17.2 Å². The van der Waals surface area contributed by atoms with Crippen LogP contribution in [0, 0.1) is 0 Å². The molecule has 5 rings (SSSR count). The minimum Gasteiger partial charge on any atom is -0.467 e. The molecular formula is C22H18BrNO7. The molecule has 2 aromatic rings. The Balaban J connectivity index is 1.38. The quantitative estimate of drug-likeness (QED) is 0.596. The zero-order valence-corrected chi connectivity index (χ0v) is 18.0. The molecule has 0 saturated carbocycles. The summed E-state index contributed by atoms with van der Waals surface area (Å²) in [5.74, 6) is 1.24. The smallest absolute Gasteiger partial charge is 0.415 e. The maximum absolute atomic E-state index is 12.8. The number of ketones is 1. The number of morpholine rings is 1. The van der Waals surface area contributed by atoms with Crippen LogP contribution in [0.2, 0.25) is 0 Å². The third-order valence-electron chi connectivity index (χ3n) is 5.11. The molecule has 0 N–H and O–H groups in total. The highest BCUT2D eigenvalue weighted by atomic mass is 79.9. The number of hydrogen-bond donors (Lipinski definition) is 0. The SMILES string of the molecule is O=C1C(=Cc2cc(Br)cc3c2OCOC3)Oc2cc(OC(=O)N3CCOCC3)ccc21. The van der Waals surface area contributed by atoms with Gasteiger partial charge in [0.05, 0.1) is 25.4 Å². The lowest BCUT2D eigenvalue weighted by Crippen LogP contribution is -2.42. The van der Waals surface area contributed by atoms with E-state index in [4.69, 9.17) is 23.7 Å². The number of nitrogens with zero attached hydrogens (tertiary/aromatic N) is 1. The Morgan fingerprint density at radius 3 is 2.81 bits per heavy atom. The van der Waals surface area contributed by atoms with Crippen molar-refractivity contribution >= 4 is 33.9 Å². The van der Waals surface area contributed by atoms with Crippen LogP contribution in [0.15, 0.2) is 40.6 Å². The summed E-state index contributed by atoms with van der Waals surface area (Å²) in [5.41, 5.74) is 2.00. The summed E-state index contributed by atoms with van der Waals surface area (Å²) in [4.78, 5) is 26.7. The van der Waals surface area contributed by atoms with Crippen molar-refractivity contribution in [2.24, 2.45) is 0 Å². The molecule has 160 valence electrons. The van der Waals surface area contributed by atoms with Gasteiger partial charge in [-0.05, 0) is 30.3 Å². The number of ether oxygens (including phenoxy) is 5. The number of benzene rings is 2. The van der Waals surface area contributed by atoms with Crippen molar-refractivity contribution in [3.05, 3.63) is 57.3 Å². The van der Waals surface area contributed by atoms with Gasteiger partial charge in [-0.3, -0.25) is 4.79 Å². The van der Waals surface area contributed by atoms with Gasteiger partial charge in [-0.1, -0.05) is 15.9 Å². The van der Waals surface area contributed by atoms with Crippen LogP contribution in [0.3, 0.4) is 0 Å². The van der Waals surface area contributed by atoms with E-state index in [2.05, 4.69) is 15.9 Å². The minimum atomic E-state index is -0.455. The monoisotopic (exact) mass is 487 g/mol. The average molecular weight is 488 g/mol. The highest BCUT2D eigenvalue weighted by Crippen LogP contribution is 2.38. The van der Waals surface area contributed by atoms with Crippen LogP contribution in [-0.2, 0) is 16.1 Å². The van der Waals surface area contributed by atoms with Crippen LogP contribution in [0.25, 0.3) is 6.08 Å². The molecule has 0 atom stereocenters. The summed E-state index contributed by atoms with van der Waals surface area (Å²) >= 11 is 3.47. The first-order chi connectivity index (χ1) is 15.1. The number of carbonyl (C=O) groups is 2. The van der Waals surface area contributed by atoms with Crippen LogP contribution < -0.4 is 14.2 Å². The van der Waals surface area contributed by atoms with Crippen molar-refractivity contribution in [1.29, 1.82) is 0 Å². The Morgan fingerprint density at radius 1 is 1.13 bits per heavy atom. The maximum atomic E-state index is 12.8. The Hall–Kier alpha value is -2.88. The lowest BCUT2D eigenvalue weighted by atomic mass is 10.1. The highest BCUT2D eigenvalue weighted by molar-refractivity contribution is 9.10. The Bertz CT molecular complexity index is 1090. The third-order valence-corrected chi connectivity index (χ3v) is 5.56. The van der Waals surface area contributed by atoms with E-state index in [1.807, 2.05) is 12.1 Å². The van der Waals surface area contributed by atoms with E-state index in [1.54, 1.807) is 29.2 Å². The fraction of sp³-hybridized carbons (Fsp3) is 0.273. The van der Waals surface area contributed by atoms with Gasteiger partial charge in [0.2, 0.25) is 5.78 Å². The Labute approximate surface area is 186 Å². The summed E-state index contributed by atoms with van der Waals surface area (Å²) in [6.07, 6.45) is 1.19. The van der Waals surface area contributed by atoms with E-state index < -0.39 is 6.09 Å². The van der Waals surface area contributed by atoms with Crippen LogP contribution in [-0.4, -0.2) is 49.9 Å². The number of fused-ring (bicyclic) bond motifs is 2. The molecule has 0 unspecified atom stereocenters. The number of Topliss-reactive ketones (excluding diaryl/α,β-unsaturated/α-hetero) is 1. The van der Waals surface area contributed by atoms with Crippen molar-refractivity contribution in [3.63, 3.8) is 0 Å². The van der Waals surface area contributed by atoms with E-state index in [0.29, 0.717) is 61.3 Å². The number of hydrogen-bond acceptors (Lipinski definition) is 7. The van der Waals surface area contributed by atoms with Crippen molar-refractivity contribution in [2.75, 3.05) is 33.1 Å². The molecular weight excluding hydrogens is 470 g/mol. The van der Waals surface area contributed by atoms with Crippen LogP contribution in [0.5, 0.6) is 17.2 Å². The van der Waals surface area contributed by atoms with Crippen LogP contribution >= 0.6 is 15.9 Å². The standard InChI is InChI=1S/C22H18BrNO7/c23-15-7-13(21-14(8-15)11-28-12-29-21)9-19-20(25)17-2-1-16(10-18(17)31-19)30-22(26)24-3-5-27-6-4-24/h1-2,7-10H,3-6,11-12H2. The first-order valence-corrected chi connectivity index (χ1v) is 10.5. The molecule has 0 bridgehead atoms. The number of carbonyl (C=O) groups excluding carboxylic acids is 2. The summed E-state index contributed by atoms with van der Waals surface area (Å²) in [5, 5.41) is 0. The molecule has 31 heavy (non-hydrogen) atoms. The topological polar surface area (TPSA) is 83.5 Å². The predicted octanol–water partition coefficient (Wildman–Crippen LogP) is 3.76. The average Bonchev–Trinajstić information content (AvgIpc) is 3.09. The lowest BCUT2D eigenvalue weighted by molar-refractivity contribution is -0.0165.